The molecule has 0 aliphatic heterocycles. The molecule has 1 aliphatic carbocycles. The molecule has 0 radical (unpaired) electrons. The topological polar surface area (TPSA) is 12.0 Å². The molecule has 1 atom stereocenters. The minimum absolute atomic E-state index is 0.0864. The van der Waals surface area contributed by atoms with E-state index in [2.05, 4.69) is 42.0 Å². The molecular weight excluding hydrogens is 329 g/mol. The average molecular weight is 356 g/mol. The van der Waals surface area contributed by atoms with E-state index in [4.69, 9.17) is 0 Å². The number of nitrogens with one attached hydrogen (secondary N) is 1. The van der Waals surface area contributed by atoms with E-state index in [9.17, 15) is 4.39 Å². The van der Waals surface area contributed by atoms with Crippen molar-refractivity contribution in [3.63, 3.8) is 0 Å². The fourth-order valence-electron chi connectivity index (χ4n) is 3.34. The Kier molecular flexibility index (Phi) is 5.84. The molecule has 1 fully saturated rings. The second-order valence-corrected chi connectivity index (χ2v) is 8.01. The summed E-state index contributed by atoms with van der Waals surface area (Å²) in [6.07, 6.45) is 5.90. The summed E-state index contributed by atoms with van der Waals surface area (Å²) >= 11 is 3.48. The number of halogens is 2. The van der Waals surface area contributed by atoms with Crippen molar-refractivity contribution in [1.29, 1.82) is 0 Å². The Morgan fingerprint density at radius 3 is 2.62 bits per heavy atom. The Labute approximate surface area is 136 Å². The number of hydrogen-bond acceptors (Lipinski definition) is 1. The molecular formula is C18H27BrFN. The van der Waals surface area contributed by atoms with E-state index in [1.807, 2.05) is 6.07 Å². The van der Waals surface area contributed by atoms with Crippen LogP contribution < -0.4 is 5.32 Å². The van der Waals surface area contributed by atoms with Gasteiger partial charge in [0.25, 0.3) is 0 Å². The summed E-state index contributed by atoms with van der Waals surface area (Å²) in [7, 11) is 0. The van der Waals surface area contributed by atoms with Gasteiger partial charge in [0.1, 0.15) is 5.82 Å². The van der Waals surface area contributed by atoms with Crippen molar-refractivity contribution < 1.29 is 4.39 Å². The highest BCUT2D eigenvalue weighted by Gasteiger charge is 2.32. The van der Waals surface area contributed by atoms with Crippen LogP contribution in [0.1, 0.15) is 64.5 Å². The molecule has 118 valence electrons. The summed E-state index contributed by atoms with van der Waals surface area (Å²) in [5.41, 5.74) is 1.27. The lowest BCUT2D eigenvalue weighted by molar-refractivity contribution is 0.160. The standard InChI is InChI=1S/C18H27BrFN/c1-4-11-21-17(13-7-9-18(2,3)10-8-13)15-12-14(19)5-6-16(15)20/h5-6,12-13,17,21H,4,7-11H2,1-3H3. The first-order valence-corrected chi connectivity index (χ1v) is 8.90. The first kappa shape index (κ1) is 17.0. The zero-order chi connectivity index (χ0) is 15.5. The van der Waals surface area contributed by atoms with Gasteiger partial charge in [-0.05, 0) is 68.2 Å². The van der Waals surface area contributed by atoms with Gasteiger partial charge in [0, 0.05) is 16.1 Å². The third-order valence-electron chi connectivity index (χ3n) is 4.76. The number of hydrogen-bond donors (Lipinski definition) is 1. The molecule has 1 aromatic rings. The normalized spacial score (nSPS) is 20.4. The van der Waals surface area contributed by atoms with Gasteiger partial charge >= 0.3 is 0 Å². The summed E-state index contributed by atoms with van der Waals surface area (Å²) in [5.74, 6) is 0.449. The fourth-order valence-corrected chi connectivity index (χ4v) is 3.72. The predicted molar refractivity (Wildman–Crippen MR) is 90.9 cm³/mol. The van der Waals surface area contributed by atoms with Crippen LogP contribution >= 0.6 is 15.9 Å². The van der Waals surface area contributed by atoms with Gasteiger partial charge in [-0.1, -0.05) is 36.7 Å². The minimum Gasteiger partial charge on any atom is -0.310 e. The van der Waals surface area contributed by atoms with Crippen molar-refractivity contribution in [3.8, 4) is 0 Å². The zero-order valence-corrected chi connectivity index (χ0v) is 15.0. The lowest BCUT2D eigenvalue weighted by atomic mass is 9.70. The van der Waals surface area contributed by atoms with E-state index in [0.29, 0.717) is 11.3 Å². The van der Waals surface area contributed by atoms with Gasteiger partial charge in [0.2, 0.25) is 0 Å². The summed E-state index contributed by atoms with van der Waals surface area (Å²) in [4.78, 5) is 0. The Hall–Kier alpha value is -0.410. The maximum absolute atomic E-state index is 14.3. The van der Waals surface area contributed by atoms with Crippen LogP contribution in [0, 0.1) is 17.2 Å². The minimum atomic E-state index is -0.0864. The zero-order valence-electron chi connectivity index (χ0n) is 13.4. The van der Waals surface area contributed by atoms with Crippen molar-refractivity contribution >= 4 is 15.9 Å². The van der Waals surface area contributed by atoms with Gasteiger partial charge in [0.05, 0.1) is 0 Å². The maximum Gasteiger partial charge on any atom is 0.128 e. The smallest absolute Gasteiger partial charge is 0.128 e. The van der Waals surface area contributed by atoms with Crippen LogP contribution in [0.3, 0.4) is 0 Å². The molecule has 1 N–H and O–H groups in total. The summed E-state index contributed by atoms with van der Waals surface area (Å²) in [6.45, 7) is 7.79. The first-order chi connectivity index (χ1) is 9.93. The molecule has 1 unspecified atom stereocenters. The van der Waals surface area contributed by atoms with Crippen LogP contribution in [-0.4, -0.2) is 6.54 Å². The summed E-state index contributed by atoms with van der Waals surface area (Å²) < 4.78 is 15.2. The Bertz CT molecular complexity index is 462. The molecule has 0 bridgehead atoms. The highest BCUT2D eigenvalue weighted by Crippen LogP contribution is 2.43. The second-order valence-electron chi connectivity index (χ2n) is 7.10. The summed E-state index contributed by atoms with van der Waals surface area (Å²) in [6, 6.07) is 5.44. The van der Waals surface area contributed by atoms with Crippen molar-refractivity contribution in [1.82, 2.24) is 5.32 Å². The van der Waals surface area contributed by atoms with Gasteiger partial charge in [0.15, 0.2) is 0 Å². The Balaban J connectivity index is 2.20. The van der Waals surface area contributed by atoms with Gasteiger partial charge in [-0.2, -0.15) is 0 Å². The molecule has 1 saturated carbocycles. The number of benzene rings is 1. The Morgan fingerprint density at radius 2 is 2.00 bits per heavy atom. The molecule has 0 saturated heterocycles. The largest absolute Gasteiger partial charge is 0.310 e. The van der Waals surface area contributed by atoms with Crippen LogP contribution in [-0.2, 0) is 0 Å². The maximum atomic E-state index is 14.3. The van der Waals surface area contributed by atoms with E-state index in [1.54, 1.807) is 12.1 Å². The van der Waals surface area contributed by atoms with Crippen LogP contribution in [0.25, 0.3) is 0 Å². The van der Waals surface area contributed by atoms with E-state index in [-0.39, 0.29) is 11.9 Å². The quantitative estimate of drug-likeness (QED) is 0.698. The molecule has 2 rings (SSSR count). The van der Waals surface area contributed by atoms with Crippen molar-refractivity contribution in [2.24, 2.45) is 11.3 Å². The van der Waals surface area contributed by atoms with Crippen LogP contribution in [0.4, 0.5) is 4.39 Å². The highest BCUT2D eigenvalue weighted by atomic mass is 79.9. The van der Waals surface area contributed by atoms with Gasteiger partial charge in [-0.25, -0.2) is 4.39 Å². The van der Waals surface area contributed by atoms with Gasteiger partial charge in [-0.3, -0.25) is 0 Å². The molecule has 0 spiro atoms. The van der Waals surface area contributed by atoms with E-state index >= 15 is 0 Å². The van der Waals surface area contributed by atoms with Crippen molar-refractivity contribution in [2.75, 3.05) is 6.54 Å². The summed E-state index contributed by atoms with van der Waals surface area (Å²) in [5, 5.41) is 3.59. The van der Waals surface area contributed by atoms with E-state index in [1.165, 1.54) is 25.7 Å². The lowest BCUT2D eigenvalue weighted by Gasteiger charge is -2.38. The molecule has 0 heterocycles. The van der Waals surface area contributed by atoms with Crippen LogP contribution in [0.15, 0.2) is 22.7 Å². The molecule has 1 aromatic carbocycles. The Morgan fingerprint density at radius 1 is 1.33 bits per heavy atom. The molecule has 1 nitrogen and oxygen atoms in total. The van der Waals surface area contributed by atoms with Gasteiger partial charge in [-0.15, -0.1) is 0 Å². The van der Waals surface area contributed by atoms with E-state index < -0.39 is 0 Å². The van der Waals surface area contributed by atoms with Crippen molar-refractivity contribution in [3.05, 3.63) is 34.1 Å². The SMILES string of the molecule is CCCNC(c1cc(Br)ccc1F)C1CCC(C)(C)CC1. The molecule has 0 aromatic heterocycles. The van der Waals surface area contributed by atoms with E-state index in [0.717, 1.165) is 23.0 Å². The lowest BCUT2D eigenvalue weighted by Crippen LogP contribution is -2.33. The van der Waals surface area contributed by atoms with Crippen LogP contribution in [0.5, 0.6) is 0 Å². The fraction of sp³-hybridized carbons (Fsp3) is 0.667. The second kappa shape index (κ2) is 7.23. The molecule has 1 aliphatic rings. The third kappa shape index (κ3) is 4.53. The molecule has 21 heavy (non-hydrogen) atoms. The van der Waals surface area contributed by atoms with Crippen LogP contribution in [0.2, 0.25) is 0 Å². The molecule has 3 heteroatoms. The average Bonchev–Trinajstić information content (AvgIpc) is 2.44. The number of rotatable bonds is 5. The monoisotopic (exact) mass is 355 g/mol. The predicted octanol–water partition coefficient (Wildman–Crippen LogP) is 5.85. The third-order valence-corrected chi connectivity index (χ3v) is 5.26. The highest BCUT2D eigenvalue weighted by molar-refractivity contribution is 9.10. The first-order valence-electron chi connectivity index (χ1n) is 8.11. The van der Waals surface area contributed by atoms with Gasteiger partial charge < -0.3 is 5.32 Å². The molecule has 0 amide bonds. The van der Waals surface area contributed by atoms with Crippen molar-refractivity contribution in [2.45, 2.75) is 58.9 Å².